The van der Waals surface area contributed by atoms with Crippen molar-refractivity contribution in [2.75, 3.05) is 44.3 Å². The molecule has 10 heteroatoms. The number of carbonyl (C=O) groups is 2. The molecule has 2 fully saturated rings. The molecule has 1 aromatic rings. The Morgan fingerprint density at radius 2 is 2.04 bits per heavy atom. The number of nitrogens with zero attached hydrogens (tertiary/aromatic N) is 3. The van der Waals surface area contributed by atoms with E-state index < -0.39 is 17.0 Å². The minimum absolute atomic E-state index is 0.0622. The molecule has 0 saturated carbocycles. The van der Waals surface area contributed by atoms with Crippen molar-refractivity contribution in [2.45, 2.75) is 18.9 Å². The topological polar surface area (TPSA) is 102 Å². The van der Waals surface area contributed by atoms with E-state index in [2.05, 4.69) is 0 Å². The zero-order valence-corrected chi connectivity index (χ0v) is 15.4. The smallest absolute Gasteiger partial charge is 0.335 e. The number of rotatable bonds is 5. The maximum atomic E-state index is 12.2. The Kier molecular flexibility index (Phi) is 6.12. The Hall–Kier alpha value is -2.39. The number of halogens is 1. The van der Waals surface area contributed by atoms with Crippen LogP contribution in [-0.2, 0) is 19.1 Å². The van der Waals surface area contributed by atoms with Gasteiger partial charge >= 0.3 is 5.97 Å². The molecule has 2 aliphatic heterocycles. The van der Waals surface area contributed by atoms with Crippen LogP contribution in [0.1, 0.15) is 12.8 Å². The number of piperazine rings is 1. The van der Waals surface area contributed by atoms with Crippen molar-refractivity contribution < 1.29 is 24.0 Å². The largest absolute Gasteiger partial charge is 0.454 e. The molecular formula is C17H20ClN3O6. The molecule has 1 amide bonds. The lowest BCUT2D eigenvalue weighted by Crippen LogP contribution is -2.50. The van der Waals surface area contributed by atoms with Crippen molar-refractivity contribution in [3.05, 3.63) is 33.3 Å². The first-order chi connectivity index (χ1) is 13.0. The van der Waals surface area contributed by atoms with Crippen molar-refractivity contribution in [1.82, 2.24) is 4.90 Å². The van der Waals surface area contributed by atoms with Crippen LogP contribution in [0.25, 0.3) is 0 Å². The number of carbonyl (C=O) groups excluding carboxylic acids is 2. The maximum absolute atomic E-state index is 12.2. The van der Waals surface area contributed by atoms with E-state index in [4.69, 9.17) is 21.1 Å². The second-order valence-corrected chi connectivity index (χ2v) is 6.80. The Balaban J connectivity index is 1.52. The molecule has 0 radical (unpaired) electrons. The molecule has 0 spiro atoms. The zero-order valence-electron chi connectivity index (χ0n) is 14.6. The molecule has 0 aromatic heterocycles. The lowest BCUT2D eigenvalue weighted by Gasteiger charge is -2.35. The minimum Gasteiger partial charge on any atom is -0.454 e. The molecule has 9 nitrogen and oxygen atoms in total. The molecule has 0 bridgehead atoms. The van der Waals surface area contributed by atoms with Crippen molar-refractivity contribution in [3.8, 4) is 0 Å². The number of hydrogen-bond donors (Lipinski definition) is 0. The standard InChI is InChI=1S/C17H20ClN3O6/c18-12-3-4-13(14(10-12)21(24)25)19-5-7-20(8-6-19)16(22)11-27-17(23)15-2-1-9-26-15/h3-4,10,15H,1-2,5-9,11H2/t15-/m1/s1. The molecule has 146 valence electrons. The summed E-state index contributed by atoms with van der Waals surface area (Å²) in [6.07, 6.45) is 0.859. The summed E-state index contributed by atoms with van der Waals surface area (Å²) in [4.78, 5) is 38.2. The number of nitro benzene ring substituents is 1. The summed E-state index contributed by atoms with van der Waals surface area (Å²) >= 11 is 5.85. The number of nitro groups is 1. The van der Waals surface area contributed by atoms with Crippen molar-refractivity contribution in [1.29, 1.82) is 0 Å². The van der Waals surface area contributed by atoms with E-state index in [-0.39, 0.29) is 18.2 Å². The zero-order chi connectivity index (χ0) is 19.4. The van der Waals surface area contributed by atoms with Crippen LogP contribution in [0.15, 0.2) is 18.2 Å². The van der Waals surface area contributed by atoms with Gasteiger partial charge in [0.2, 0.25) is 0 Å². The van der Waals surface area contributed by atoms with E-state index in [9.17, 15) is 19.7 Å². The highest BCUT2D eigenvalue weighted by Crippen LogP contribution is 2.31. The number of anilines is 1. The van der Waals surface area contributed by atoms with E-state index in [0.29, 0.717) is 49.9 Å². The van der Waals surface area contributed by atoms with Gasteiger partial charge in [0.05, 0.1) is 4.92 Å². The molecule has 2 aliphatic rings. The van der Waals surface area contributed by atoms with Crippen LogP contribution < -0.4 is 4.90 Å². The highest BCUT2D eigenvalue weighted by molar-refractivity contribution is 6.30. The van der Waals surface area contributed by atoms with Crippen LogP contribution in [-0.4, -0.2) is 67.2 Å². The monoisotopic (exact) mass is 397 g/mol. The van der Waals surface area contributed by atoms with E-state index >= 15 is 0 Å². The van der Waals surface area contributed by atoms with Gasteiger partial charge in [-0.3, -0.25) is 14.9 Å². The van der Waals surface area contributed by atoms with E-state index in [1.165, 1.54) is 6.07 Å². The number of esters is 1. The molecule has 27 heavy (non-hydrogen) atoms. The molecule has 0 unspecified atom stereocenters. The molecule has 3 rings (SSSR count). The van der Waals surface area contributed by atoms with Crippen LogP contribution in [0, 0.1) is 10.1 Å². The molecule has 0 N–H and O–H groups in total. The first kappa shape index (κ1) is 19.4. The first-order valence-corrected chi connectivity index (χ1v) is 9.08. The van der Waals surface area contributed by atoms with E-state index in [1.54, 1.807) is 17.0 Å². The molecule has 1 aromatic carbocycles. The highest BCUT2D eigenvalue weighted by atomic mass is 35.5. The predicted octanol–water partition coefficient (Wildman–Crippen LogP) is 1.62. The van der Waals surface area contributed by atoms with Gasteiger partial charge in [0.25, 0.3) is 11.6 Å². The van der Waals surface area contributed by atoms with Gasteiger partial charge in [-0.05, 0) is 25.0 Å². The summed E-state index contributed by atoms with van der Waals surface area (Å²) in [7, 11) is 0. The normalized spacial score (nSPS) is 19.8. The predicted molar refractivity (Wildman–Crippen MR) is 96.8 cm³/mol. The maximum Gasteiger partial charge on any atom is 0.335 e. The number of amides is 1. The van der Waals surface area contributed by atoms with Crippen molar-refractivity contribution >= 4 is 34.9 Å². The quantitative estimate of drug-likeness (QED) is 0.422. The Bertz CT molecular complexity index is 729. The fraction of sp³-hybridized carbons (Fsp3) is 0.529. The molecular weight excluding hydrogens is 378 g/mol. The summed E-state index contributed by atoms with van der Waals surface area (Å²) in [5.74, 6) is -0.789. The third-order valence-corrected chi connectivity index (χ3v) is 4.87. The molecule has 2 heterocycles. The van der Waals surface area contributed by atoms with Crippen molar-refractivity contribution in [2.24, 2.45) is 0 Å². The Labute approximate surface area is 160 Å². The number of ether oxygens (including phenoxy) is 2. The third-order valence-electron chi connectivity index (χ3n) is 4.64. The van der Waals surface area contributed by atoms with Gasteiger partial charge in [0.15, 0.2) is 12.7 Å². The second kappa shape index (κ2) is 8.53. The van der Waals surface area contributed by atoms with Gasteiger partial charge in [-0.25, -0.2) is 4.79 Å². The van der Waals surface area contributed by atoms with Gasteiger partial charge in [0.1, 0.15) is 5.69 Å². The number of benzene rings is 1. The van der Waals surface area contributed by atoms with Crippen molar-refractivity contribution in [3.63, 3.8) is 0 Å². The fourth-order valence-electron chi connectivity index (χ4n) is 3.19. The third kappa shape index (κ3) is 4.67. The summed E-state index contributed by atoms with van der Waals surface area (Å²) in [5.41, 5.74) is 0.411. The van der Waals surface area contributed by atoms with Gasteiger partial charge in [-0.1, -0.05) is 11.6 Å². The summed E-state index contributed by atoms with van der Waals surface area (Å²) in [6.45, 7) is 1.86. The van der Waals surface area contributed by atoms with Crippen LogP contribution in [0.4, 0.5) is 11.4 Å². The van der Waals surface area contributed by atoms with Crippen LogP contribution >= 0.6 is 11.6 Å². The fourth-order valence-corrected chi connectivity index (χ4v) is 3.35. The summed E-state index contributed by atoms with van der Waals surface area (Å²) in [5, 5.41) is 11.5. The van der Waals surface area contributed by atoms with Crippen LogP contribution in [0.2, 0.25) is 5.02 Å². The van der Waals surface area contributed by atoms with E-state index in [1.807, 2.05) is 4.90 Å². The van der Waals surface area contributed by atoms with Gasteiger partial charge in [-0.2, -0.15) is 0 Å². The second-order valence-electron chi connectivity index (χ2n) is 6.37. The highest BCUT2D eigenvalue weighted by Gasteiger charge is 2.28. The van der Waals surface area contributed by atoms with Crippen LogP contribution in [0.3, 0.4) is 0 Å². The molecule has 1 atom stereocenters. The Morgan fingerprint density at radius 3 is 2.67 bits per heavy atom. The number of hydrogen-bond acceptors (Lipinski definition) is 7. The molecule has 0 aliphatic carbocycles. The summed E-state index contributed by atoms with van der Waals surface area (Å²) in [6, 6.07) is 4.53. The lowest BCUT2D eigenvalue weighted by molar-refractivity contribution is -0.384. The first-order valence-electron chi connectivity index (χ1n) is 8.70. The van der Waals surface area contributed by atoms with Gasteiger partial charge < -0.3 is 19.3 Å². The average Bonchev–Trinajstić information content (AvgIpc) is 3.21. The minimum atomic E-state index is -0.569. The van der Waals surface area contributed by atoms with E-state index in [0.717, 1.165) is 6.42 Å². The van der Waals surface area contributed by atoms with Crippen LogP contribution in [0.5, 0.6) is 0 Å². The SMILES string of the molecule is O=C(OCC(=O)N1CCN(c2ccc(Cl)cc2[N+](=O)[O-])CC1)[C@H]1CCCO1. The lowest BCUT2D eigenvalue weighted by atomic mass is 10.2. The molecule has 2 saturated heterocycles. The van der Waals surface area contributed by atoms with Gasteiger partial charge in [-0.15, -0.1) is 0 Å². The Morgan fingerprint density at radius 1 is 1.30 bits per heavy atom. The van der Waals surface area contributed by atoms with Gasteiger partial charge in [0, 0.05) is 43.9 Å². The summed E-state index contributed by atoms with van der Waals surface area (Å²) < 4.78 is 10.3. The average molecular weight is 398 g/mol.